The van der Waals surface area contributed by atoms with Gasteiger partial charge in [-0.2, -0.15) is 0 Å². The van der Waals surface area contributed by atoms with Gasteiger partial charge in [-0.3, -0.25) is 4.99 Å². The van der Waals surface area contributed by atoms with Gasteiger partial charge in [0.2, 0.25) is 0 Å². The molecule has 7 heteroatoms. The van der Waals surface area contributed by atoms with Crippen molar-refractivity contribution in [1.29, 1.82) is 0 Å². The minimum atomic E-state index is -1.06. The van der Waals surface area contributed by atoms with E-state index in [0.717, 1.165) is 5.56 Å². The highest BCUT2D eigenvalue weighted by Gasteiger charge is 2.12. The number of phenols is 1. The van der Waals surface area contributed by atoms with Crippen LogP contribution >= 0.6 is 22.6 Å². The van der Waals surface area contributed by atoms with Crippen LogP contribution in [-0.2, 0) is 4.79 Å². The fraction of sp³-hybridized carbons (Fsp3) is 0.125. The summed E-state index contributed by atoms with van der Waals surface area (Å²) in [7, 11) is 1.48. The van der Waals surface area contributed by atoms with E-state index in [4.69, 9.17) is 14.6 Å². The molecule has 0 saturated carbocycles. The van der Waals surface area contributed by atoms with E-state index >= 15 is 0 Å². The summed E-state index contributed by atoms with van der Waals surface area (Å²) in [6.07, 6.45) is 1.58. The summed E-state index contributed by atoms with van der Waals surface area (Å²) in [5, 5.41) is 18.4. The van der Waals surface area contributed by atoms with Crippen LogP contribution in [0.5, 0.6) is 17.2 Å². The van der Waals surface area contributed by atoms with Gasteiger partial charge < -0.3 is 19.7 Å². The quantitative estimate of drug-likeness (QED) is 0.546. The van der Waals surface area contributed by atoms with E-state index in [1.165, 1.54) is 7.11 Å². The van der Waals surface area contributed by atoms with Crippen molar-refractivity contribution in [2.24, 2.45) is 4.99 Å². The zero-order chi connectivity index (χ0) is 16.8. The van der Waals surface area contributed by atoms with Crippen molar-refractivity contribution in [3.8, 4) is 17.2 Å². The summed E-state index contributed by atoms with van der Waals surface area (Å²) in [6.45, 7) is -0.447. The molecule has 0 heterocycles. The molecule has 0 amide bonds. The topological polar surface area (TPSA) is 88.4 Å². The maximum atomic E-state index is 10.6. The first-order chi connectivity index (χ1) is 11.0. The minimum Gasteiger partial charge on any atom is -0.506 e. The van der Waals surface area contributed by atoms with Gasteiger partial charge in [0.25, 0.3) is 0 Å². The van der Waals surface area contributed by atoms with E-state index in [-0.39, 0.29) is 5.75 Å². The zero-order valence-corrected chi connectivity index (χ0v) is 14.4. The van der Waals surface area contributed by atoms with E-state index in [1.54, 1.807) is 42.6 Å². The number of hydrogen-bond donors (Lipinski definition) is 2. The van der Waals surface area contributed by atoms with Gasteiger partial charge in [0.1, 0.15) is 11.4 Å². The first-order valence-corrected chi connectivity index (χ1v) is 7.63. The highest BCUT2D eigenvalue weighted by atomic mass is 127. The van der Waals surface area contributed by atoms with Crippen LogP contribution < -0.4 is 9.47 Å². The number of rotatable bonds is 6. The largest absolute Gasteiger partial charge is 0.506 e. The molecule has 0 aromatic heterocycles. The molecule has 0 saturated heterocycles. The Labute approximate surface area is 146 Å². The van der Waals surface area contributed by atoms with Crippen LogP contribution in [-0.4, -0.2) is 36.1 Å². The van der Waals surface area contributed by atoms with Gasteiger partial charge in [0, 0.05) is 6.21 Å². The van der Waals surface area contributed by atoms with Gasteiger partial charge in [-0.1, -0.05) is 12.1 Å². The molecule has 0 aliphatic rings. The maximum Gasteiger partial charge on any atom is 0.341 e. The summed E-state index contributed by atoms with van der Waals surface area (Å²) < 4.78 is 11.2. The highest BCUT2D eigenvalue weighted by molar-refractivity contribution is 14.1. The number of aromatic hydroxyl groups is 1. The van der Waals surface area contributed by atoms with E-state index in [0.29, 0.717) is 20.8 Å². The molecule has 120 valence electrons. The molecule has 23 heavy (non-hydrogen) atoms. The number of para-hydroxylation sites is 2. The molecule has 0 atom stereocenters. The average Bonchev–Trinajstić information content (AvgIpc) is 2.52. The van der Waals surface area contributed by atoms with E-state index in [2.05, 4.69) is 4.99 Å². The lowest BCUT2D eigenvalue weighted by atomic mass is 10.2. The normalized spacial score (nSPS) is 10.7. The van der Waals surface area contributed by atoms with Crippen molar-refractivity contribution in [3.63, 3.8) is 0 Å². The Hall–Kier alpha value is -2.29. The molecule has 2 aromatic rings. The molecule has 6 nitrogen and oxygen atoms in total. The molecule has 0 unspecified atom stereocenters. The summed E-state index contributed by atoms with van der Waals surface area (Å²) in [5.74, 6) is -0.188. The standard InChI is InChI=1S/C16H14INO5/c1-22-14-7-10(6-11(17)16(14)23-9-15(20)21)8-18-12-4-2-3-5-13(12)19/h2-8,19H,9H2,1H3,(H,20,21). The number of carbonyl (C=O) groups is 1. The van der Waals surface area contributed by atoms with Crippen molar-refractivity contribution < 1.29 is 24.5 Å². The van der Waals surface area contributed by atoms with Gasteiger partial charge in [-0.25, -0.2) is 4.79 Å². The number of methoxy groups -OCH3 is 1. The van der Waals surface area contributed by atoms with Crippen LogP contribution in [0.2, 0.25) is 0 Å². The summed E-state index contributed by atoms with van der Waals surface area (Å²) in [5.41, 5.74) is 1.19. The Bertz CT molecular complexity index is 745. The fourth-order valence-electron chi connectivity index (χ4n) is 1.81. The Kier molecular flexibility index (Phi) is 5.80. The second-order valence-corrected chi connectivity index (χ2v) is 5.63. The third-order valence-electron chi connectivity index (χ3n) is 2.83. The number of carboxylic acid groups (broad SMARTS) is 1. The van der Waals surface area contributed by atoms with Gasteiger partial charge >= 0.3 is 5.97 Å². The van der Waals surface area contributed by atoms with Crippen molar-refractivity contribution >= 4 is 40.5 Å². The molecule has 0 fully saturated rings. The minimum absolute atomic E-state index is 0.0897. The third kappa shape index (κ3) is 4.59. The molecule has 0 spiro atoms. The highest BCUT2D eigenvalue weighted by Crippen LogP contribution is 2.34. The number of carboxylic acids is 1. The molecular formula is C16H14INO5. The number of benzene rings is 2. The fourth-order valence-corrected chi connectivity index (χ4v) is 2.59. The maximum absolute atomic E-state index is 10.6. The number of hydrogen-bond acceptors (Lipinski definition) is 5. The molecule has 0 radical (unpaired) electrons. The molecule has 0 aliphatic carbocycles. The molecule has 2 aromatic carbocycles. The van der Waals surface area contributed by atoms with E-state index < -0.39 is 12.6 Å². The number of phenolic OH excluding ortho intramolecular Hbond substituents is 1. The molecule has 0 bridgehead atoms. The summed E-state index contributed by atoms with van der Waals surface area (Å²) in [6, 6.07) is 10.2. The zero-order valence-electron chi connectivity index (χ0n) is 12.2. The lowest BCUT2D eigenvalue weighted by Gasteiger charge is -2.12. The van der Waals surface area contributed by atoms with Crippen molar-refractivity contribution in [1.82, 2.24) is 0 Å². The molecule has 2 N–H and O–H groups in total. The van der Waals surface area contributed by atoms with Crippen LogP contribution in [0.1, 0.15) is 5.56 Å². The SMILES string of the molecule is COc1cc(C=Nc2ccccc2O)cc(I)c1OCC(=O)O. The second kappa shape index (κ2) is 7.82. The van der Waals surface area contributed by atoms with Crippen LogP contribution in [0.4, 0.5) is 5.69 Å². The Balaban J connectivity index is 2.29. The van der Waals surface area contributed by atoms with Crippen molar-refractivity contribution in [3.05, 3.63) is 45.5 Å². The average molecular weight is 427 g/mol. The Morgan fingerprint density at radius 1 is 1.35 bits per heavy atom. The van der Waals surface area contributed by atoms with Crippen LogP contribution in [0.3, 0.4) is 0 Å². The van der Waals surface area contributed by atoms with Crippen molar-refractivity contribution in [2.45, 2.75) is 0 Å². The van der Waals surface area contributed by atoms with Crippen LogP contribution in [0, 0.1) is 3.57 Å². The van der Waals surface area contributed by atoms with Gasteiger partial charge in [-0.05, 0) is 52.4 Å². The summed E-state index contributed by atoms with van der Waals surface area (Å²) >= 11 is 2.03. The number of nitrogens with zero attached hydrogens (tertiary/aromatic N) is 1. The first kappa shape index (κ1) is 17.1. The lowest BCUT2D eigenvalue weighted by Crippen LogP contribution is -2.11. The van der Waals surface area contributed by atoms with E-state index in [1.807, 2.05) is 22.6 Å². The first-order valence-electron chi connectivity index (χ1n) is 6.55. The van der Waals surface area contributed by atoms with Crippen molar-refractivity contribution in [2.75, 3.05) is 13.7 Å². The van der Waals surface area contributed by atoms with E-state index in [9.17, 15) is 9.90 Å². The van der Waals surface area contributed by atoms with Gasteiger partial charge in [0.15, 0.2) is 18.1 Å². The summed E-state index contributed by atoms with van der Waals surface area (Å²) in [4.78, 5) is 14.9. The lowest BCUT2D eigenvalue weighted by molar-refractivity contribution is -0.139. The monoisotopic (exact) mass is 427 g/mol. The molecule has 0 aliphatic heterocycles. The predicted molar refractivity (Wildman–Crippen MR) is 94.2 cm³/mol. The van der Waals surface area contributed by atoms with Gasteiger partial charge in [0.05, 0.1) is 10.7 Å². The molecule has 2 rings (SSSR count). The third-order valence-corrected chi connectivity index (χ3v) is 3.63. The number of halogens is 1. The number of ether oxygens (including phenoxy) is 2. The Morgan fingerprint density at radius 3 is 2.74 bits per heavy atom. The van der Waals surface area contributed by atoms with Crippen LogP contribution in [0.15, 0.2) is 41.4 Å². The Morgan fingerprint density at radius 2 is 2.09 bits per heavy atom. The van der Waals surface area contributed by atoms with Gasteiger partial charge in [-0.15, -0.1) is 0 Å². The predicted octanol–water partition coefficient (Wildman–Crippen LogP) is 3.22. The second-order valence-electron chi connectivity index (χ2n) is 4.46. The smallest absolute Gasteiger partial charge is 0.341 e. The number of aliphatic carboxylic acids is 1. The van der Waals surface area contributed by atoms with Crippen LogP contribution in [0.25, 0.3) is 0 Å². The molecular weight excluding hydrogens is 413 g/mol. The number of aliphatic imine (C=N–C) groups is 1.